The van der Waals surface area contributed by atoms with Crippen molar-refractivity contribution in [1.29, 1.82) is 0 Å². The van der Waals surface area contributed by atoms with Crippen LogP contribution in [0.25, 0.3) is 10.9 Å². The molecule has 2 saturated heterocycles. The lowest BCUT2D eigenvalue weighted by Gasteiger charge is -2.44. The molecule has 1 atom stereocenters. The first-order valence-corrected chi connectivity index (χ1v) is 12.8. The molecule has 3 heterocycles. The van der Waals surface area contributed by atoms with Gasteiger partial charge in [-0.1, -0.05) is 11.6 Å². The first-order chi connectivity index (χ1) is 18.1. The maximum Gasteiger partial charge on any atom is 0.162 e. The summed E-state index contributed by atoms with van der Waals surface area (Å²) >= 11 is 5.94. The van der Waals surface area contributed by atoms with Crippen molar-refractivity contribution in [1.82, 2.24) is 20.0 Å². The summed E-state index contributed by atoms with van der Waals surface area (Å²) in [4.78, 5) is 8.74. The Labute approximate surface area is 220 Å². The Kier molecular flexibility index (Phi) is 8.52. The van der Waals surface area contributed by atoms with Crippen molar-refractivity contribution in [2.45, 2.75) is 18.9 Å². The third-order valence-corrected chi connectivity index (χ3v) is 6.88. The maximum absolute atomic E-state index is 13.6. The quantitative estimate of drug-likeness (QED) is 0.407. The topological polar surface area (TPSA) is 81.2 Å². The molecule has 5 rings (SSSR count). The van der Waals surface area contributed by atoms with Crippen LogP contribution in [0.15, 0.2) is 36.7 Å². The van der Waals surface area contributed by atoms with E-state index in [1.807, 2.05) is 12.1 Å². The Morgan fingerprint density at radius 3 is 2.73 bits per heavy atom. The average molecular weight is 532 g/mol. The summed E-state index contributed by atoms with van der Waals surface area (Å²) in [7, 11) is 1.61. The normalized spacial score (nSPS) is 19.2. The smallest absolute Gasteiger partial charge is 0.162 e. The zero-order valence-corrected chi connectivity index (χ0v) is 21.5. The first kappa shape index (κ1) is 25.9. The van der Waals surface area contributed by atoms with Crippen LogP contribution in [0.5, 0.6) is 11.5 Å². The molecule has 1 aromatic heterocycles. The molecule has 0 radical (unpaired) electrons. The summed E-state index contributed by atoms with van der Waals surface area (Å²) in [5.41, 5.74) is 1.31. The van der Waals surface area contributed by atoms with E-state index in [1.54, 1.807) is 13.2 Å². The molecule has 198 valence electrons. The molecule has 9 nitrogen and oxygen atoms in total. The van der Waals surface area contributed by atoms with Gasteiger partial charge in [0.1, 0.15) is 18.0 Å². The predicted molar refractivity (Wildman–Crippen MR) is 139 cm³/mol. The van der Waals surface area contributed by atoms with Gasteiger partial charge in [0.2, 0.25) is 0 Å². The van der Waals surface area contributed by atoms with E-state index in [1.165, 1.54) is 18.5 Å². The molecule has 3 aromatic rings. The Bertz CT molecular complexity index is 1210. The van der Waals surface area contributed by atoms with Gasteiger partial charge in [0.25, 0.3) is 0 Å². The van der Waals surface area contributed by atoms with Gasteiger partial charge in [0.15, 0.2) is 11.5 Å². The number of aromatic nitrogens is 2. The fraction of sp³-hybridized carbons (Fsp3) is 0.462. The molecular weight excluding hydrogens is 501 g/mol. The highest BCUT2D eigenvalue weighted by Crippen LogP contribution is 2.35. The number of hydrazine groups is 1. The molecule has 0 amide bonds. The minimum Gasteiger partial charge on any atom is -0.493 e. The number of hydrogen-bond acceptors (Lipinski definition) is 9. The van der Waals surface area contributed by atoms with Crippen LogP contribution in [-0.2, 0) is 9.47 Å². The molecule has 2 aliphatic heterocycles. The van der Waals surface area contributed by atoms with Crippen molar-refractivity contribution in [3.8, 4) is 11.5 Å². The monoisotopic (exact) mass is 531 g/mol. The van der Waals surface area contributed by atoms with E-state index < -0.39 is 5.82 Å². The number of halogens is 2. The van der Waals surface area contributed by atoms with Gasteiger partial charge in [-0.15, -0.1) is 0 Å². The fourth-order valence-electron chi connectivity index (χ4n) is 4.71. The van der Waals surface area contributed by atoms with Crippen LogP contribution < -0.4 is 14.8 Å². The fourth-order valence-corrected chi connectivity index (χ4v) is 4.89. The molecule has 1 N–H and O–H groups in total. The number of rotatable bonds is 9. The Morgan fingerprint density at radius 1 is 1.08 bits per heavy atom. The Balaban J connectivity index is 1.26. The second-order valence-corrected chi connectivity index (χ2v) is 9.35. The summed E-state index contributed by atoms with van der Waals surface area (Å²) in [5.74, 6) is 1.28. The van der Waals surface area contributed by atoms with Crippen LogP contribution in [0.4, 0.5) is 15.9 Å². The number of nitrogens with one attached hydrogen (secondary N) is 1. The molecule has 2 fully saturated rings. The van der Waals surface area contributed by atoms with Gasteiger partial charge in [-0.2, -0.15) is 0 Å². The number of hydrogen-bond donors (Lipinski definition) is 1. The third kappa shape index (κ3) is 6.22. The largest absolute Gasteiger partial charge is 0.493 e. The van der Waals surface area contributed by atoms with Crippen molar-refractivity contribution in [3.05, 3.63) is 47.5 Å². The lowest BCUT2D eigenvalue weighted by molar-refractivity contribution is -0.158. The summed E-state index contributed by atoms with van der Waals surface area (Å²) in [6.45, 7) is 6.27. The van der Waals surface area contributed by atoms with Crippen molar-refractivity contribution in [2.24, 2.45) is 0 Å². The molecule has 37 heavy (non-hydrogen) atoms. The van der Waals surface area contributed by atoms with Crippen LogP contribution in [0.3, 0.4) is 0 Å². The molecule has 1 unspecified atom stereocenters. The van der Waals surface area contributed by atoms with Crippen molar-refractivity contribution in [3.63, 3.8) is 0 Å². The van der Waals surface area contributed by atoms with E-state index in [0.717, 1.165) is 64.3 Å². The van der Waals surface area contributed by atoms with Crippen LogP contribution in [0.2, 0.25) is 5.02 Å². The minimum atomic E-state index is -0.479. The lowest BCUT2D eigenvalue weighted by atomic mass is 10.1. The Morgan fingerprint density at radius 2 is 1.92 bits per heavy atom. The Hall–Kier alpha value is -2.76. The van der Waals surface area contributed by atoms with E-state index in [9.17, 15) is 4.39 Å². The number of benzene rings is 2. The van der Waals surface area contributed by atoms with Gasteiger partial charge in [-0.25, -0.2) is 24.4 Å². The van der Waals surface area contributed by atoms with Crippen LogP contribution in [-0.4, -0.2) is 85.8 Å². The predicted octanol–water partition coefficient (Wildman–Crippen LogP) is 4.28. The summed E-state index contributed by atoms with van der Waals surface area (Å²) in [5, 5.41) is 8.81. The summed E-state index contributed by atoms with van der Waals surface area (Å²) in [6.07, 6.45) is 3.28. The summed E-state index contributed by atoms with van der Waals surface area (Å²) < 4.78 is 36.6. The lowest BCUT2D eigenvalue weighted by Crippen LogP contribution is -2.57. The molecule has 2 aromatic carbocycles. The first-order valence-electron chi connectivity index (χ1n) is 12.5. The molecule has 2 aliphatic rings. The van der Waals surface area contributed by atoms with Gasteiger partial charge < -0.3 is 24.3 Å². The van der Waals surface area contributed by atoms with E-state index in [-0.39, 0.29) is 5.02 Å². The number of nitrogens with zero attached hydrogens (tertiary/aromatic N) is 4. The van der Waals surface area contributed by atoms with Crippen LogP contribution >= 0.6 is 11.6 Å². The third-order valence-electron chi connectivity index (χ3n) is 6.59. The van der Waals surface area contributed by atoms with Crippen LogP contribution in [0, 0.1) is 5.82 Å². The highest BCUT2D eigenvalue weighted by molar-refractivity contribution is 6.31. The number of ether oxygens (including phenoxy) is 4. The second-order valence-electron chi connectivity index (χ2n) is 8.94. The highest BCUT2D eigenvalue weighted by Gasteiger charge is 2.28. The van der Waals surface area contributed by atoms with Gasteiger partial charge in [0, 0.05) is 42.8 Å². The number of anilines is 2. The highest BCUT2D eigenvalue weighted by atomic mass is 35.5. The molecule has 0 bridgehead atoms. The molecule has 0 saturated carbocycles. The maximum atomic E-state index is 13.6. The van der Waals surface area contributed by atoms with Crippen LogP contribution in [0.1, 0.15) is 12.8 Å². The second kappa shape index (κ2) is 12.2. The number of morpholine rings is 2. The van der Waals surface area contributed by atoms with Crippen molar-refractivity contribution >= 4 is 34.0 Å². The van der Waals surface area contributed by atoms with E-state index in [4.69, 9.17) is 30.5 Å². The molecule has 11 heteroatoms. The minimum absolute atomic E-state index is 0.0320. The van der Waals surface area contributed by atoms with Gasteiger partial charge in [-0.05, 0) is 37.1 Å². The van der Waals surface area contributed by atoms with E-state index in [0.29, 0.717) is 41.2 Å². The number of methoxy groups -OCH3 is 1. The molecule has 0 spiro atoms. The standard InChI is InChI=1S/C26H31ClFN5O4/c1-34-24-15-23-20(26(30-17-29-23)31-18-4-5-22(28)21(27)13-18)14-25(24)37-9-2-3-19-16-36-12-8-33(19)32-6-10-35-11-7-32/h4-5,13-15,17,19H,2-3,6-12,16H2,1H3,(H,29,30,31). The average Bonchev–Trinajstić information content (AvgIpc) is 2.93. The van der Waals surface area contributed by atoms with Gasteiger partial charge in [0.05, 0.1) is 50.7 Å². The zero-order valence-electron chi connectivity index (χ0n) is 20.8. The van der Waals surface area contributed by atoms with Gasteiger partial charge >= 0.3 is 0 Å². The molecular formula is C26H31ClFN5O4. The van der Waals surface area contributed by atoms with E-state index >= 15 is 0 Å². The number of fused-ring (bicyclic) bond motifs is 1. The molecule has 0 aliphatic carbocycles. The van der Waals surface area contributed by atoms with Crippen molar-refractivity contribution in [2.75, 3.05) is 65.1 Å². The van der Waals surface area contributed by atoms with E-state index in [2.05, 4.69) is 25.3 Å². The SMILES string of the molecule is COc1cc2ncnc(Nc3ccc(F)c(Cl)c3)c2cc1OCCCC1COCCN1N1CCOCC1. The van der Waals surface area contributed by atoms with Crippen molar-refractivity contribution < 1.29 is 23.3 Å². The van der Waals surface area contributed by atoms with Gasteiger partial charge in [-0.3, -0.25) is 0 Å². The zero-order chi connectivity index (χ0) is 25.6. The summed E-state index contributed by atoms with van der Waals surface area (Å²) in [6, 6.07) is 8.44.